The average Bonchev–Trinajstić information content (AvgIpc) is 2.79. The second kappa shape index (κ2) is 10.9. The van der Waals surface area contributed by atoms with Crippen molar-refractivity contribution in [1.29, 1.82) is 0 Å². The molecular formula is C26H29BrO2P+. The Morgan fingerprint density at radius 3 is 1.90 bits per heavy atom. The molecule has 0 aliphatic rings. The van der Waals surface area contributed by atoms with Crippen LogP contribution in [0.3, 0.4) is 0 Å². The monoisotopic (exact) mass is 483 g/mol. The fourth-order valence-corrected chi connectivity index (χ4v) is 9.23. The minimum atomic E-state index is -2.15. The molecule has 0 fully saturated rings. The van der Waals surface area contributed by atoms with Crippen LogP contribution in [-0.2, 0) is 4.79 Å². The minimum absolute atomic E-state index is 0.498. The van der Waals surface area contributed by atoms with E-state index in [-0.39, 0.29) is 0 Å². The number of carboxylic acids is 1. The van der Waals surface area contributed by atoms with Crippen LogP contribution >= 0.6 is 21.5 Å². The summed E-state index contributed by atoms with van der Waals surface area (Å²) in [5, 5.41) is 13.6. The first-order valence-electron chi connectivity index (χ1n) is 10.6. The predicted molar refractivity (Wildman–Crippen MR) is 133 cm³/mol. The molecule has 0 amide bonds. The van der Waals surface area contributed by atoms with E-state index in [0.29, 0.717) is 6.42 Å². The molecule has 3 aromatic rings. The van der Waals surface area contributed by atoms with Gasteiger partial charge in [-0.3, -0.25) is 4.79 Å². The molecule has 0 spiro atoms. The van der Waals surface area contributed by atoms with Gasteiger partial charge in [0.05, 0.1) is 5.92 Å². The van der Waals surface area contributed by atoms with Crippen molar-refractivity contribution in [2.75, 3.05) is 0 Å². The van der Waals surface area contributed by atoms with Gasteiger partial charge >= 0.3 is 5.97 Å². The molecule has 1 N–H and O–H groups in total. The lowest BCUT2D eigenvalue weighted by atomic mass is 9.93. The summed E-state index contributed by atoms with van der Waals surface area (Å²) in [5.41, 5.74) is 0.930. The average molecular weight is 484 g/mol. The third-order valence-corrected chi connectivity index (χ3v) is 12.2. The van der Waals surface area contributed by atoms with Crippen molar-refractivity contribution in [3.05, 3.63) is 90.5 Å². The van der Waals surface area contributed by atoms with Gasteiger partial charge in [-0.2, -0.15) is 0 Å². The maximum absolute atomic E-state index is 12.3. The molecule has 3 aromatic carbocycles. The Labute approximate surface area is 188 Å². The molecule has 156 valence electrons. The lowest BCUT2D eigenvalue weighted by molar-refractivity contribution is -0.139. The quantitative estimate of drug-likeness (QED) is 0.266. The molecule has 3 rings (SSSR count). The van der Waals surface area contributed by atoms with E-state index in [1.165, 1.54) is 10.6 Å². The summed E-state index contributed by atoms with van der Waals surface area (Å²) in [6.07, 6.45) is 4.98. The number of benzene rings is 3. The van der Waals surface area contributed by atoms with Crippen molar-refractivity contribution in [2.24, 2.45) is 0 Å². The first-order chi connectivity index (χ1) is 14.6. The van der Waals surface area contributed by atoms with Crippen molar-refractivity contribution in [3.8, 4) is 0 Å². The summed E-state index contributed by atoms with van der Waals surface area (Å²) >= 11 is 4.19. The Morgan fingerprint density at radius 1 is 0.833 bits per heavy atom. The molecule has 0 aliphatic carbocycles. The third-order valence-electron chi connectivity index (χ3n) is 5.51. The zero-order valence-corrected chi connectivity index (χ0v) is 19.9. The standard InChI is InChI=1S/C26H28BrO2P/c1-2-3-4-11-19-24(26(28)29)23-18-12-13-20-25(23)30(27,21-14-7-5-8-15-21)22-16-9-6-10-17-22/h5-10,12-18,20,24H,2-4,11,19H2,1H3/p+1. The Balaban J connectivity index is 2.13. The van der Waals surface area contributed by atoms with Gasteiger partial charge in [0.1, 0.15) is 15.9 Å². The number of hydrogen-bond donors (Lipinski definition) is 1. The molecule has 0 bridgehead atoms. The summed E-state index contributed by atoms with van der Waals surface area (Å²) in [4.78, 5) is 12.3. The maximum atomic E-state index is 12.3. The molecular weight excluding hydrogens is 455 g/mol. The number of unbranched alkanes of at least 4 members (excludes halogenated alkanes) is 3. The van der Waals surface area contributed by atoms with Gasteiger partial charge in [-0.15, -0.1) is 0 Å². The van der Waals surface area contributed by atoms with Crippen molar-refractivity contribution in [3.63, 3.8) is 0 Å². The summed E-state index contributed by atoms with van der Waals surface area (Å²) in [5.74, 6) is -3.39. The van der Waals surface area contributed by atoms with E-state index in [2.05, 4.69) is 77.0 Å². The van der Waals surface area contributed by atoms with Crippen LogP contribution < -0.4 is 15.9 Å². The number of hydrogen-bond acceptors (Lipinski definition) is 1. The van der Waals surface area contributed by atoms with Crippen molar-refractivity contribution >= 4 is 43.3 Å². The normalized spacial score (nSPS) is 12.5. The fraction of sp³-hybridized carbons (Fsp3) is 0.269. The van der Waals surface area contributed by atoms with Crippen molar-refractivity contribution in [2.45, 2.75) is 44.9 Å². The smallest absolute Gasteiger partial charge is 0.311 e. The van der Waals surface area contributed by atoms with E-state index in [4.69, 9.17) is 0 Å². The molecule has 0 radical (unpaired) electrons. The number of halogens is 1. The van der Waals surface area contributed by atoms with Crippen LogP contribution in [0.25, 0.3) is 0 Å². The SMILES string of the molecule is CCCCCCC(C(=O)O)c1ccccc1[P+](Br)(c1ccccc1)c1ccccc1. The highest BCUT2D eigenvalue weighted by Gasteiger charge is 2.46. The molecule has 1 atom stereocenters. The third kappa shape index (κ3) is 5.02. The van der Waals surface area contributed by atoms with Crippen LogP contribution in [0.1, 0.15) is 50.5 Å². The summed E-state index contributed by atoms with van der Waals surface area (Å²) in [7, 11) is 0. The van der Waals surface area contributed by atoms with Gasteiger partial charge in [-0.05, 0) is 36.8 Å². The van der Waals surface area contributed by atoms with Crippen LogP contribution in [0.4, 0.5) is 0 Å². The molecule has 0 saturated heterocycles. The van der Waals surface area contributed by atoms with Crippen LogP contribution in [-0.4, -0.2) is 11.1 Å². The van der Waals surface area contributed by atoms with Gasteiger partial charge in [0.25, 0.3) is 0 Å². The van der Waals surface area contributed by atoms with E-state index in [9.17, 15) is 9.90 Å². The van der Waals surface area contributed by atoms with Gasteiger partial charge in [0, 0.05) is 5.56 Å². The highest BCUT2D eigenvalue weighted by molar-refractivity contribution is 9.44. The van der Waals surface area contributed by atoms with Gasteiger partial charge < -0.3 is 5.11 Å². The lowest BCUT2D eigenvalue weighted by Crippen LogP contribution is -2.31. The van der Waals surface area contributed by atoms with E-state index in [1.807, 2.05) is 30.3 Å². The first-order valence-corrected chi connectivity index (χ1v) is 14.4. The highest BCUT2D eigenvalue weighted by atomic mass is 79.9. The topological polar surface area (TPSA) is 37.3 Å². The zero-order chi connectivity index (χ0) is 21.4. The number of carbonyl (C=O) groups is 1. The molecule has 1 unspecified atom stereocenters. The molecule has 0 aromatic heterocycles. The number of rotatable bonds is 10. The fourth-order valence-electron chi connectivity index (χ4n) is 3.94. The van der Waals surface area contributed by atoms with E-state index < -0.39 is 17.9 Å². The van der Waals surface area contributed by atoms with Gasteiger partial charge in [-0.25, -0.2) is 0 Å². The second-order valence-corrected chi connectivity index (χ2v) is 13.4. The number of carboxylic acid groups (broad SMARTS) is 1. The summed E-state index contributed by atoms with van der Waals surface area (Å²) < 4.78 is 0. The minimum Gasteiger partial charge on any atom is -0.481 e. The molecule has 4 heteroatoms. The molecule has 30 heavy (non-hydrogen) atoms. The molecule has 0 heterocycles. The molecule has 0 aliphatic heterocycles. The molecule has 0 saturated carbocycles. The lowest BCUT2D eigenvalue weighted by Gasteiger charge is -2.24. The molecule has 2 nitrogen and oxygen atoms in total. The van der Waals surface area contributed by atoms with Gasteiger partial charge in [0.2, 0.25) is 0 Å². The Kier molecular flexibility index (Phi) is 8.24. The zero-order valence-electron chi connectivity index (χ0n) is 17.4. The van der Waals surface area contributed by atoms with Crippen molar-refractivity contribution in [1.82, 2.24) is 0 Å². The first kappa shape index (κ1) is 22.7. The Hall–Kier alpha value is -1.96. The van der Waals surface area contributed by atoms with Gasteiger partial charge in [-0.1, -0.05) is 87.2 Å². The van der Waals surface area contributed by atoms with Gasteiger partial charge in [0.15, 0.2) is 21.5 Å². The van der Waals surface area contributed by atoms with E-state index in [0.717, 1.165) is 36.6 Å². The predicted octanol–water partition coefficient (Wildman–Crippen LogP) is 6.43. The Morgan fingerprint density at radius 2 is 1.37 bits per heavy atom. The number of aliphatic carboxylic acids is 1. The maximum Gasteiger partial charge on any atom is 0.311 e. The van der Waals surface area contributed by atoms with Crippen molar-refractivity contribution < 1.29 is 9.90 Å². The van der Waals surface area contributed by atoms with E-state index in [1.54, 1.807) is 0 Å². The second-order valence-electron chi connectivity index (χ2n) is 7.56. The summed E-state index contributed by atoms with van der Waals surface area (Å²) in [6, 6.07) is 28.9. The summed E-state index contributed by atoms with van der Waals surface area (Å²) in [6.45, 7) is 2.17. The van der Waals surface area contributed by atoms with Crippen LogP contribution in [0.2, 0.25) is 0 Å². The largest absolute Gasteiger partial charge is 0.481 e. The van der Waals surface area contributed by atoms with E-state index >= 15 is 0 Å². The highest BCUT2D eigenvalue weighted by Crippen LogP contribution is 2.63. The van der Waals surface area contributed by atoms with Crippen LogP contribution in [0, 0.1) is 0 Å². The Bertz CT molecular complexity index is 904. The van der Waals surface area contributed by atoms with Crippen LogP contribution in [0.5, 0.6) is 0 Å². The van der Waals surface area contributed by atoms with Crippen LogP contribution in [0.15, 0.2) is 84.9 Å².